The Morgan fingerprint density at radius 2 is 2.04 bits per heavy atom. The first-order valence-electron chi connectivity index (χ1n) is 8.44. The fourth-order valence-corrected chi connectivity index (χ4v) is 2.28. The van der Waals surface area contributed by atoms with Crippen LogP contribution in [0.4, 0.5) is 0 Å². The van der Waals surface area contributed by atoms with E-state index in [1.165, 1.54) is 0 Å². The Kier molecular flexibility index (Phi) is 10.4. The van der Waals surface area contributed by atoms with E-state index in [1.807, 2.05) is 56.1 Å². The summed E-state index contributed by atoms with van der Waals surface area (Å²) in [6.45, 7) is 6.58. The molecule has 1 aromatic heterocycles. The predicted octanol–water partition coefficient (Wildman–Crippen LogP) is 3.98. The summed E-state index contributed by atoms with van der Waals surface area (Å²) in [5, 5.41) is 7.95. The second kappa shape index (κ2) is 12.0. The number of nitrogens with zero attached hydrogens (tertiary/aromatic N) is 3. The van der Waals surface area contributed by atoms with Crippen LogP contribution in [0.2, 0.25) is 5.02 Å². The van der Waals surface area contributed by atoms with Gasteiger partial charge in [-0.15, -0.1) is 24.0 Å². The van der Waals surface area contributed by atoms with Gasteiger partial charge in [0.1, 0.15) is 18.9 Å². The van der Waals surface area contributed by atoms with Gasteiger partial charge in [0.15, 0.2) is 11.7 Å². The van der Waals surface area contributed by atoms with E-state index in [1.54, 1.807) is 0 Å². The molecule has 144 valence electrons. The molecule has 6 nitrogen and oxygen atoms in total. The number of hydrogen-bond acceptors (Lipinski definition) is 4. The maximum atomic E-state index is 5.87. The van der Waals surface area contributed by atoms with Crippen LogP contribution in [0.15, 0.2) is 39.8 Å². The summed E-state index contributed by atoms with van der Waals surface area (Å²) in [7, 11) is 1.98. The largest absolute Gasteiger partial charge is 0.492 e. The highest BCUT2D eigenvalue weighted by Crippen LogP contribution is 2.15. The monoisotopic (exact) mass is 492 g/mol. The second-order valence-corrected chi connectivity index (χ2v) is 5.97. The molecule has 0 amide bonds. The second-order valence-electron chi connectivity index (χ2n) is 5.53. The predicted molar refractivity (Wildman–Crippen MR) is 116 cm³/mol. The molecule has 0 spiro atoms. The minimum absolute atomic E-state index is 0. The van der Waals surface area contributed by atoms with Gasteiger partial charge >= 0.3 is 0 Å². The number of likely N-dealkylation sites (N-methyl/N-ethyl adjacent to an activating group) is 1. The molecule has 0 saturated carbocycles. The third-order valence-electron chi connectivity index (χ3n) is 3.56. The molecule has 0 aliphatic heterocycles. The molecule has 0 bridgehead atoms. The zero-order chi connectivity index (χ0) is 18.1. The Balaban J connectivity index is 0.00000338. The number of aromatic nitrogens is 1. The van der Waals surface area contributed by atoms with Gasteiger partial charge in [-0.2, -0.15) is 0 Å². The summed E-state index contributed by atoms with van der Waals surface area (Å²) in [6.07, 6.45) is 0.856. The topological polar surface area (TPSA) is 62.9 Å². The lowest BCUT2D eigenvalue weighted by atomic mass is 10.3. The maximum absolute atomic E-state index is 5.87. The van der Waals surface area contributed by atoms with Gasteiger partial charge in [-0.3, -0.25) is 0 Å². The molecule has 0 unspecified atom stereocenters. The van der Waals surface area contributed by atoms with Crippen molar-refractivity contribution in [3.63, 3.8) is 0 Å². The van der Waals surface area contributed by atoms with Crippen LogP contribution in [0.3, 0.4) is 0 Å². The van der Waals surface area contributed by atoms with Crippen molar-refractivity contribution >= 4 is 41.5 Å². The number of aryl methyl sites for hydroxylation is 1. The third-order valence-corrected chi connectivity index (χ3v) is 3.81. The van der Waals surface area contributed by atoms with Gasteiger partial charge in [0, 0.05) is 24.7 Å². The molecule has 0 radical (unpaired) electrons. The Morgan fingerprint density at radius 1 is 1.31 bits per heavy atom. The quantitative estimate of drug-likeness (QED) is 0.343. The molecule has 2 aromatic rings. The fraction of sp³-hybridized carbons (Fsp3) is 0.444. The number of benzene rings is 1. The van der Waals surface area contributed by atoms with Gasteiger partial charge in [-0.25, -0.2) is 4.99 Å². The lowest BCUT2D eigenvalue weighted by Crippen LogP contribution is -2.40. The smallest absolute Gasteiger partial charge is 0.194 e. The zero-order valence-corrected chi connectivity index (χ0v) is 18.5. The number of guanidine groups is 1. The van der Waals surface area contributed by atoms with Gasteiger partial charge in [0.05, 0.1) is 12.2 Å². The molecule has 0 fully saturated rings. The van der Waals surface area contributed by atoms with Crippen molar-refractivity contribution in [1.29, 1.82) is 0 Å². The zero-order valence-electron chi connectivity index (χ0n) is 15.4. The van der Waals surface area contributed by atoms with E-state index < -0.39 is 0 Å². The highest BCUT2D eigenvalue weighted by atomic mass is 127. The van der Waals surface area contributed by atoms with Crippen LogP contribution in [0.25, 0.3) is 0 Å². The van der Waals surface area contributed by atoms with Crippen molar-refractivity contribution in [1.82, 2.24) is 15.4 Å². The van der Waals surface area contributed by atoms with E-state index >= 15 is 0 Å². The Hall–Kier alpha value is -1.48. The molecular formula is C18H26ClIN4O2. The Labute approximate surface area is 177 Å². The molecule has 0 atom stereocenters. The molecule has 0 aliphatic rings. The lowest BCUT2D eigenvalue weighted by Gasteiger charge is -2.22. The van der Waals surface area contributed by atoms with Crippen LogP contribution in [0.1, 0.15) is 25.3 Å². The SMILES string of the molecule is CCNC(=NCc1cc(CC)no1)N(C)CCOc1ccc(Cl)cc1.I. The first-order valence-corrected chi connectivity index (χ1v) is 8.82. The van der Waals surface area contributed by atoms with Gasteiger partial charge < -0.3 is 19.5 Å². The van der Waals surface area contributed by atoms with Crippen molar-refractivity contribution < 1.29 is 9.26 Å². The summed E-state index contributed by atoms with van der Waals surface area (Å²) in [5.74, 6) is 2.36. The molecule has 0 aliphatic carbocycles. The van der Waals surface area contributed by atoms with Crippen LogP contribution in [0, 0.1) is 0 Å². The molecular weight excluding hydrogens is 467 g/mol. The number of halogens is 2. The van der Waals surface area contributed by atoms with Crippen molar-refractivity contribution in [2.24, 2.45) is 4.99 Å². The number of aliphatic imine (C=N–C) groups is 1. The summed E-state index contributed by atoms with van der Waals surface area (Å²) in [4.78, 5) is 6.62. The minimum atomic E-state index is 0. The van der Waals surface area contributed by atoms with Crippen molar-refractivity contribution in [2.75, 3.05) is 26.7 Å². The summed E-state index contributed by atoms with van der Waals surface area (Å²) >= 11 is 5.87. The van der Waals surface area contributed by atoms with Crippen molar-refractivity contribution in [3.05, 3.63) is 46.8 Å². The van der Waals surface area contributed by atoms with E-state index in [4.69, 9.17) is 20.9 Å². The van der Waals surface area contributed by atoms with Crippen LogP contribution >= 0.6 is 35.6 Å². The summed E-state index contributed by atoms with van der Waals surface area (Å²) in [5.41, 5.74) is 0.944. The minimum Gasteiger partial charge on any atom is -0.492 e. The summed E-state index contributed by atoms with van der Waals surface area (Å²) < 4.78 is 11.0. The fourth-order valence-electron chi connectivity index (χ4n) is 2.16. The van der Waals surface area contributed by atoms with Crippen LogP contribution in [-0.2, 0) is 13.0 Å². The summed E-state index contributed by atoms with van der Waals surface area (Å²) in [6, 6.07) is 9.28. The average molecular weight is 493 g/mol. The molecule has 1 N–H and O–H groups in total. The average Bonchev–Trinajstić information content (AvgIpc) is 3.08. The van der Waals surface area contributed by atoms with Gasteiger partial charge in [0.25, 0.3) is 0 Å². The van der Waals surface area contributed by atoms with Crippen LogP contribution < -0.4 is 10.1 Å². The Bertz CT molecular complexity index is 676. The highest BCUT2D eigenvalue weighted by molar-refractivity contribution is 14.0. The van der Waals surface area contributed by atoms with Gasteiger partial charge in [-0.05, 0) is 37.6 Å². The first-order chi connectivity index (χ1) is 12.1. The van der Waals surface area contributed by atoms with Gasteiger partial charge in [0.2, 0.25) is 0 Å². The van der Waals surface area contributed by atoms with E-state index in [-0.39, 0.29) is 24.0 Å². The normalized spacial score (nSPS) is 11.0. The van der Waals surface area contributed by atoms with E-state index in [9.17, 15) is 0 Å². The number of nitrogens with one attached hydrogen (secondary N) is 1. The number of ether oxygens (including phenoxy) is 1. The Morgan fingerprint density at radius 3 is 2.65 bits per heavy atom. The molecule has 26 heavy (non-hydrogen) atoms. The lowest BCUT2D eigenvalue weighted by molar-refractivity contribution is 0.281. The highest BCUT2D eigenvalue weighted by Gasteiger charge is 2.07. The first kappa shape index (κ1) is 22.6. The standard InChI is InChI=1S/C18H25ClN4O2.HI/c1-4-15-12-17(25-22-15)13-21-18(20-5-2)23(3)10-11-24-16-8-6-14(19)7-9-16;/h6-9,12H,4-5,10-11,13H2,1-3H3,(H,20,21);1H. The maximum Gasteiger partial charge on any atom is 0.194 e. The van der Waals surface area contributed by atoms with Crippen LogP contribution in [-0.4, -0.2) is 42.8 Å². The van der Waals surface area contributed by atoms with Crippen molar-refractivity contribution in [3.8, 4) is 5.75 Å². The molecule has 0 saturated heterocycles. The molecule has 8 heteroatoms. The molecule has 1 aromatic carbocycles. The van der Waals surface area contributed by atoms with E-state index in [0.29, 0.717) is 24.7 Å². The van der Waals surface area contributed by atoms with Crippen molar-refractivity contribution in [2.45, 2.75) is 26.8 Å². The van der Waals surface area contributed by atoms with E-state index in [2.05, 4.69) is 15.5 Å². The number of rotatable bonds is 8. The van der Waals surface area contributed by atoms with Crippen LogP contribution in [0.5, 0.6) is 5.75 Å². The molecule has 2 rings (SSSR count). The van der Waals surface area contributed by atoms with E-state index in [0.717, 1.165) is 36.1 Å². The number of hydrogen-bond donors (Lipinski definition) is 1. The van der Waals surface area contributed by atoms with Gasteiger partial charge in [-0.1, -0.05) is 23.7 Å². The third kappa shape index (κ3) is 7.41. The molecule has 1 heterocycles.